The Morgan fingerprint density at radius 1 is 0.974 bits per heavy atom. The third-order valence-corrected chi connectivity index (χ3v) is 8.65. The number of allylic oxidation sites excluding steroid dienone is 1. The number of benzene rings is 3. The fourth-order valence-electron chi connectivity index (χ4n) is 5.66. The molecule has 0 radical (unpaired) electrons. The molecule has 3 unspecified atom stereocenters. The monoisotopic (exact) mass is 544 g/mol. The number of methoxy groups -OCH3 is 1. The second-order valence-electron chi connectivity index (χ2n) is 10.5. The summed E-state index contributed by atoms with van der Waals surface area (Å²) >= 11 is 0.998. The normalized spacial score (nSPS) is 26.5. The summed E-state index contributed by atoms with van der Waals surface area (Å²) < 4.78 is 11.8. The van der Waals surface area contributed by atoms with Crippen molar-refractivity contribution in [2.24, 2.45) is 11.8 Å². The van der Waals surface area contributed by atoms with Gasteiger partial charge in [0.25, 0.3) is 5.79 Å². The van der Waals surface area contributed by atoms with E-state index in [0.717, 1.165) is 31.0 Å². The van der Waals surface area contributed by atoms with Crippen LogP contribution >= 0.6 is 11.8 Å². The van der Waals surface area contributed by atoms with Gasteiger partial charge in [-0.25, -0.2) is 9.68 Å². The van der Waals surface area contributed by atoms with E-state index >= 15 is 0 Å². The molecule has 202 valence electrons. The molecule has 0 bridgehead atoms. The summed E-state index contributed by atoms with van der Waals surface area (Å²) in [7, 11) is 1.59. The largest absolute Gasteiger partial charge is 0.423 e. The Labute approximate surface area is 233 Å². The zero-order valence-corrected chi connectivity index (χ0v) is 23.2. The van der Waals surface area contributed by atoms with Crippen LogP contribution < -0.4 is 4.74 Å². The molecule has 6 nitrogen and oxygen atoms in total. The lowest BCUT2D eigenvalue weighted by Gasteiger charge is -2.57. The first-order chi connectivity index (χ1) is 18.8. The molecule has 3 aromatic carbocycles. The van der Waals surface area contributed by atoms with E-state index < -0.39 is 17.4 Å². The Hall–Kier alpha value is -3.23. The highest BCUT2D eigenvalue weighted by molar-refractivity contribution is 8.14. The number of esters is 1. The smallest absolute Gasteiger partial charge is 0.344 e. The number of rotatable bonds is 7. The van der Waals surface area contributed by atoms with Crippen LogP contribution in [0.2, 0.25) is 0 Å². The fourth-order valence-corrected chi connectivity index (χ4v) is 6.52. The van der Waals surface area contributed by atoms with E-state index in [4.69, 9.17) is 19.2 Å². The van der Waals surface area contributed by atoms with Crippen LogP contribution in [0.25, 0.3) is 0 Å². The van der Waals surface area contributed by atoms with Crippen LogP contribution in [0.5, 0.6) is 5.75 Å². The summed E-state index contributed by atoms with van der Waals surface area (Å²) in [6.45, 7) is 8.46. The Balaban J connectivity index is 1.37. The van der Waals surface area contributed by atoms with Crippen LogP contribution in [-0.2, 0) is 20.3 Å². The Morgan fingerprint density at radius 2 is 1.72 bits per heavy atom. The van der Waals surface area contributed by atoms with E-state index in [1.54, 1.807) is 73.8 Å². The number of carbonyl (C=O) groups is 2. The molecular weight excluding hydrogens is 512 g/mol. The van der Waals surface area contributed by atoms with Gasteiger partial charge in [0.05, 0.1) is 5.56 Å². The Morgan fingerprint density at radius 3 is 2.41 bits per heavy atom. The number of thioether (sulfide) groups is 1. The van der Waals surface area contributed by atoms with Crippen molar-refractivity contribution in [2.45, 2.75) is 49.4 Å². The van der Waals surface area contributed by atoms with Crippen LogP contribution in [0.3, 0.4) is 0 Å². The average Bonchev–Trinajstić information content (AvgIpc) is 2.93. The predicted octanol–water partition coefficient (Wildman–Crippen LogP) is 7.35. The minimum atomic E-state index is -1.16. The molecule has 1 saturated heterocycles. The second-order valence-corrected chi connectivity index (χ2v) is 11.5. The van der Waals surface area contributed by atoms with E-state index in [2.05, 4.69) is 13.5 Å². The van der Waals surface area contributed by atoms with Gasteiger partial charge in [-0.1, -0.05) is 73.7 Å². The first-order valence-corrected chi connectivity index (χ1v) is 13.8. The first-order valence-electron chi connectivity index (χ1n) is 13.0. The van der Waals surface area contributed by atoms with Gasteiger partial charge >= 0.3 is 5.97 Å². The lowest BCUT2D eigenvalue weighted by molar-refractivity contribution is -0.624. The molecule has 5 rings (SSSR count). The van der Waals surface area contributed by atoms with Crippen molar-refractivity contribution < 1.29 is 28.8 Å². The maximum atomic E-state index is 13.3. The lowest BCUT2D eigenvalue weighted by atomic mass is 9.67. The van der Waals surface area contributed by atoms with E-state index in [1.807, 2.05) is 19.1 Å². The highest BCUT2D eigenvalue weighted by atomic mass is 32.2. The molecule has 1 aliphatic heterocycles. The molecule has 1 saturated carbocycles. The standard InChI is InChI=1S/C32H32O6S/c1-21-17-22(2)19-25(18-21)31(3)32(35-4,38-37-31)24-13-10-14-26(20-24)36-29(33)27-15-8-9-16-28(27)39-30(34)23-11-6-5-7-12-23/h5-16,20,22,25H,1,17-19H2,2-4H3/t22?,25?,31?,32-/m0/s1. The molecular formula is C32H32O6S. The highest BCUT2D eigenvalue weighted by Gasteiger charge is 2.67. The Bertz CT molecular complexity index is 1380. The van der Waals surface area contributed by atoms with Crippen LogP contribution in [0.1, 0.15) is 59.4 Å². The molecule has 4 atom stereocenters. The fraction of sp³-hybridized carbons (Fsp3) is 0.312. The van der Waals surface area contributed by atoms with Gasteiger partial charge in [0.15, 0.2) is 5.60 Å². The van der Waals surface area contributed by atoms with E-state index in [-0.39, 0.29) is 11.0 Å². The molecule has 0 aromatic heterocycles. The van der Waals surface area contributed by atoms with Gasteiger partial charge in [-0.05, 0) is 68.1 Å². The van der Waals surface area contributed by atoms with Crippen molar-refractivity contribution in [2.75, 3.05) is 7.11 Å². The van der Waals surface area contributed by atoms with Crippen LogP contribution in [-0.4, -0.2) is 23.8 Å². The Kier molecular flexibility index (Phi) is 7.78. The quantitative estimate of drug-likeness (QED) is 0.101. The van der Waals surface area contributed by atoms with Gasteiger partial charge in [0, 0.05) is 29.1 Å². The topological polar surface area (TPSA) is 71.1 Å². The first kappa shape index (κ1) is 27.3. The molecule has 0 spiro atoms. The summed E-state index contributed by atoms with van der Waals surface area (Å²) in [4.78, 5) is 38.1. The third kappa shape index (κ3) is 5.20. The molecule has 3 aromatic rings. The molecule has 1 heterocycles. The van der Waals surface area contributed by atoms with Crippen molar-refractivity contribution in [3.8, 4) is 5.75 Å². The molecule has 0 amide bonds. The molecule has 7 heteroatoms. The lowest BCUT2D eigenvalue weighted by Crippen LogP contribution is -2.68. The van der Waals surface area contributed by atoms with Crippen molar-refractivity contribution in [1.82, 2.24) is 0 Å². The molecule has 2 fully saturated rings. The number of hydrogen-bond acceptors (Lipinski definition) is 7. The zero-order chi connectivity index (χ0) is 27.6. The van der Waals surface area contributed by atoms with Gasteiger partial charge in [0.1, 0.15) is 5.75 Å². The van der Waals surface area contributed by atoms with Crippen molar-refractivity contribution in [3.63, 3.8) is 0 Å². The predicted molar refractivity (Wildman–Crippen MR) is 149 cm³/mol. The van der Waals surface area contributed by atoms with E-state index in [9.17, 15) is 9.59 Å². The minimum absolute atomic E-state index is 0.152. The van der Waals surface area contributed by atoms with E-state index in [1.165, 1.54) is 5.57 Å². The zero-order valence-electron chi connectivity index (χ0n) is 22.3. The summed E-state index contributed by atoms with van der Waals surface area (Å²) in [6.07, 6.45) is 2.81. The van der Waals surface area contributed by atoms with Gasteiger partial charge in [0.2, 0.25) is 5.12 Å². The summed E-state index contributed by atoms with van der Waals surface area (Å²) in [6, 6.07) is 23.0. The average molecular weight is 545 g/mol. The second kappa shape index (κ2) is 11.1. The van der Waals surface area contributed by atoms with E-state index in [0.29, 0.717) is 33.3 Å². The van der Waals surface area contributed by atoms with Crippen molar-refractivity contribution >= 4 is 22.8 Å². The molecule has 1 aliphatic carbocycles. The van der Waals surface area contributed by atoms with Crippen LogP contribution in [0.4, 0.5) is 0 Å². The van der Waals surface area contributed by atoms with Crippen molar-refractivity contribution in [3.05, 3.63) is 108 Å². The number of hydrogen-bond donors (Lipinski definition) is 0. The highest BCUT2D eigenvalue weighted by Crippen LogP contribution is 2.57. The summed E-state index contributed by atoms with van der Waals surface area (Å²) in [5.74, 6) is -0.741. The molecule has 0 N–H and O–H groups in total. The number of ether oxygens (including phenoxy) is 2. The maximum Gasteiger partial charge on any atom is 0.344 e. The minimum Gasteiger partial charge on any atom is -0.423 e. The summed E-state index contributed by atoms with van der Waals surface area (Å²) in [5, 5.41) is -0.152. The van der Waals surface area contributed by atoms with Crippen LogP contribution in [0.15, 0.2) is 95.9 Å². The van der Waals surface area contributed by atoms with Crippen molar-refractivity contribution in [1.29, 1.82) is 0 Å². The SMILES string of the molecule is C=C1CC(C)CC(C2(C)OO[C@@]2(OC)c2cccc(OC(=O)c3ccccc3SC(=O)c3ccccc3)c2)C1. The molecule has 39 heavy (non-hydrogen) atoms. The number of carbonyl (C=O) groups excluding carboxylic acids is 2. The third-order valence-electron chi connectivity index (χ3n) is 7.65. The molecule has 2 aliphatic rings. The summed E-state index contributed by atoms with van der Waals surface area (Å²) in [5.41, 5.74) is 2.01. The van der Waals surface area contributed by atoms with Gasteiger partial charge in [-0.2, -0.15) is 4.89 Å². The maximum absolute atomic E-state index is 13.3. The van der Waals surface area contributed by atoms with Crippen LogP contribution in [0, 0.1) is 11.8 Å². The van der Waals surface area contributed by atoms with Gasteiger partial charge in [-0.15, -0.1) is 0 Å². The van der Waals surface area contributed by atoms with Gasteiger partial charge in [-0.3, -0.25) is 4.79 Å². The van der Waals surface area contributed by atoms with Gasteiger partial charge < -0.3 is 9.47 Å².